The molecular weight excluding hydrogens is 744 g/mol. The van der Waals surface area contributed by atoms with Gasteiger partial charge in [0, 0.05) is 57.9 Å². The van der Waals surface area contributed by atoms with Crippen molar-refractivity contribution in [2.45, 2.75) is 87.8 Å². The lowest BCUT2D eigenvalue weighted by molar-refractivity contribution is -0.186. The van der Waals surface area contributed by atoms with Crippen LogP contribution in [0.3, 0.4) is 0 Å². The normalized spacial score (nSPS) is 30.4. The number of likely N-dealkylation sites (N-methyl/N-ethyl adjacent to an activating group) is 1. The molecule has 7 aliphatic rings. The van der Waals surface area contributed by atoms with Crippen molar-refractivity contribution in [2.75, 3.05) is 33.3 Å². The molecule has 0 radical (unpaired) electrons. The molecule has 1 aromatic heterocycles. The summed E-state index contributed by atoms with van der Waals surface area (Å²) in [5.74, 6) is 0.354. The first-order chi connectivity index (χ1) is 26.8. The molecule has 7 aliphatic heterocycles. The van der Waals surface area contributed by atoms with Gasteiger partial charge in [0.2, 0.25) is 6.79 Å². The second-order valence-corrected chi connectivity index (χ2v) is 17.1. The molecule has 0 aliphatic carbocycles. The van der Waals surface area contributed by atoms with E-state index < -0.39 is 53.1 Å². The number of piperazine rings is 1. The van der Waals surface area contributed by atoms with E-state index in [4.69, 9.17) is 23.7 Å². The lowest BCUT2D eigenvalue weighted by Crippen LogP contribution is -2.70. The van der Waals surface area contributed by atoms with Gasteiger partial charge in [-0.15, -0.1) is 11.8 Å². The van der Waals surface area contributed by atoms with Gasteiger partial charge in [-0.2, -0.15) is 0 Å². The Morgan fingerprint density at radius 2 is 1.88 bits per heavy atom. The van der Waals surface area contributed by atoms with Gasteiger partial charge in [0.1, 0.15) is 24.4 Å². The SMILES string of the molecule is COc1c(C)cc2c(c1O)[C@@H]1C3[C@@H]4SC[C@]5(NC(C)Cc6c5[nH]c5ccc(F)cc65)C(=O)OC[C@H](c5c6c(c(C)c(OC(C)=O)c54)OCO6)N3[C@@H](O)[C@@H](C2)N1C. The van der Waals surface area contributed by atoms with Crippen LogP contribution in [0.1, 0.15) is 75.8 Å². The van der Waals surface area contributed by atoms with E-state index in [1.54, 1.807) is 6.07 Å². The summed E-state index contributed by atoms with van der Waals surface area (Å²) in [6, 6.07) is 4.16. The van der Waals surface area contributed by atoms with E-state index in [0.717, 1.165) is 16.7 Å². The lowest BCUT2D eigenvalue weighted by Gasteiger charge is -2.62. The highest BCUT2D eigenvalue weighted by molar-refractivity contribution is 7.99. The smallest absolute Gasteiger partial charge is 0.333 e. The van der Waals surface area contributed by atoms with Crippen molar-refractivity contribution in [3.63, 3.8) is 0 Å². The molecule has 294 valence electrons. The van der Waals surface area contributed by atoms with E-state index >= 15 is 0 Å². The Kier molecular flexibility index (Phi) is 7.99. The molecule has 15 heteroatoms. The molecule has 2 fully saturated rings. The van der Waals surface area contributed by atoms with E-state index in [-0.39, 0.29) is 36.8 Å². The maximum absolute atomic E-state index is 14.9. The number of esters is 2. The number of phenolic OH excluding ortho intramolecular Hbond substituents is 1. The van der Waals surface area contributed by atoms with Crippen LogP contribution in [0.2, 0.25) is 0 Å². The zero-order valence-electron chi connectivity index (χ0n) is 31.8. The fourth-order valence-electron chi connectivity index (χ4n) is 10.7. The van der Waals surface area contributed by atoms with Gasteiger partial charge < -0.3 is 38.9 Å². The number of methoxy groups -OCH3 is 1. The highest BCUT2D eigenvalue weighted by Gasteiger charge is 2.62. The molecule has 0 amide bonds. The van der Waals surface area contributed by atoms with Gasteiger partial charge >= 0.3 is 11.9 Å². The second kappa shape index (κ2) is 12.5. The van der Waals surface area contributed by atoms with Crippen LogP contribution in [-0.2, 0) is 32.7 Å². The van der Waals surface area contributed by atoms with Gasteiger partial charge in [-0.3, -0.25) is 19.9 Å². The largest absolute Gasteiger partial charge is 0.504 e. The molecule has 56 heavy (non-hydrogen) atoms. The molecule has 8 heterocycles. The number of aromatic hydroxyl groups is 1. The molecule has 4 aromatic rings. The summed E-state index contributed by atoms with van der Waals surface area (Å²) in [5.41, 5.74) is 5.06. The monoisotopic (exact) mass is 786 g/mol. The summed E-state index contributed by atoms with van der Waals surface area (Å²) in [4.78, 5) is 35.5. The summed E-state index contributed by atoms with van der Waals surface area (Å²) in [5, 5.41) is 28.4. The van der Waals surface area contributed by atoms with Gasteiger partial charge in [0.15, 0.2) is 28.5 Å². The van der Waals surface area contributed by atoms with Crippen molar-refractivity contribution in [3.8, 4) is 28.7 Å². The number of aryl methyl sites for hydroxylation is 1. The van der Waals surface area contributed by atoms with Crippen molar-refractivity contribution < 1.29 is 47.9 Å². The maximum atomic E-state index is 14.9. The molecule has 8 atom stereocenters. The van der Waals surface area contributed by atoms with E-state index in [1.165, 1.54) is 37.9 Å². The number of rotatable bonds is 2. The van der Waals surface area contributed by atoms with Crippen LogP contribution in [0.5, 0.6) is 28.7 Å². The molecule has 2 saturated heterocycles. The van der Waals surface area contributed by atoms with Crippen LogP contribution < -0.4 is 24.3 Å². The number of nitrogens with zero attached hydrogens (tertiary/aromatic N) is 2. The Labute approximate surface area is 326 Å². The first-order valence-electron chi connectivity index (χ1n) is 18.9. The van der Waals surface area contributed by atoms with Crippen molar-refractivity contribution in [3.05, 3.63) is 74.7 Å². The number of hydrogen-bond donors (Lipinski definition) is 4. The third-order valence-electron chi connectivity index (χ3n) is 12.9. The van der Waals surface area contributed by atoms with E-state index in [9.17, 15) is 24.2 Å². The molecule has 13 nitrogen and oxygen atoms in total. The van der Waals surface area contributed by atoms with Gasteiger partial charge in [0.25, 0.3) is 0 Å². The Balaban J connectivity index is 1.24. The summed E-state index contributed by atoms with van der Waals surface area (Å²) >= 11 is 1.47. The fraction of sp³-hybridized carbons (Fsp3) is 0.463. The third kappa shape index (κ3) is 4.74. The minimum Gasteiger partial charge on any atom is -0.504 e. The molecule has 3 aromatic carbocycles. The third-order valence-corrected chi connectivity index (χ3v) is 14.4. The zero-order valence-corrected chi connectivity index (χ0v) is 32.6. The Hall–Kier alpha value is -4.54. The van der Waals surface area contributed by atoms with Crippen LogP contribution in [-0.4, -0.2) is 94.6 Å². The van der Waals surface area contributed by atoms with Crippen molar-refractivity contribution in [1.29, 1.82) is 0 Å². The minimum absolute atomic E-state index is 0.0371. The number of thioether (sulfide) groups is 1. The van der Waals surface area contributed by atoms with Crippen molar-refractivity contribution >= 4 is 34.6 Å². The van der Waals surface area contributed by atoms with Crippen molar-refractivity contribution in [2.24, 2.45) is 0 Å². The summed E-state index contributed by atoms with van der Waals surface area (Å²) in [6.45, 7) is 6.81. The van der Waals surface area contributed by atoms with Crippen LogP contribution in [0.25, 0.3) is 10.9 Å². The number of aliphatic hydroxyl groups excluding tert-OH is 1. The number of carbonyl (C=O) groups is 2. The van der Waals surface area contributed by atoms with Gasteiger partial charge in [-0.25, -0.2) is 9.18 Å². The highest BCUT2D eigenvalue weighted by atomic mass is 32.2. The standard InChI is InChI=1S/C41H43FN4O9S/c1-16-9-20-11-25-39(49)46-26-13-52-40(50)41(38-23(10-17(2)44-41)22-12-21(42)7-8-24(22)43-38)14-56-37(31(46)30(45(25)5)27(20)32(48)33(16)51-6)29-28(26)36-35(53-15-54-36)18(3)34(29)55-19(4)47/h7-9,12,17,25-26,30-31,37,39,43-44,48-49H,10-11,13-15H2,1-6H3/t17?,25-,26-,30-,31?,37-,39+,41-/m1/s1. The Morgan fingerprint density at radius 1 is 1.09 bits per heavy atom. The minimum atomic E-state index is -1.39. The Bertz CT molecular complexity index is 2390. The molecular formula is C41H43FN4O9S. The number of ether oxygens (including phenoxy) is 5. The van der Waals surface area contributed by atoms with Crippen LogP contribution in [0, 0.1) is 19.7 Å². The lowest BCUT2D eigenvalue weighted by atomic mass is 9.73. The number of aromatic nitrogens is 1. The average molecular weight is 787 g/mol. The highest BCUT2D eigenvalue weighted by Crippen LogP contribution is 2.64. The number of aliphatic hydroxyl groups is 1. The molecule has 1 spiro atoms. The van der Waals surface area contributed by atoms with Gasteiger partial charge in [0.05, 0.1) is 36.2 Å². The predicted octanol–water partition coefficient (Wildman–Crippen LogP) is 4.71. The summed E-state index contributed by atoms with van der Waals surface area (Å²) in [7, 11) is 3.50. The van der Waals surface area contributed by atoms with Crippen LogP contribution in [0.15, 0.2) is 24.3 Å². The number of nitrogens with one attached hydrogen (secondary N) is 2. The maximum Gasteiger partial charge on any atom is 0.333 e. The van der Waals surface area contributed by atoms with E-state index in [0.29, 0.717) is 74.7 Å². The molecule has 2 unspecified atom stereocenters. The molecule has 4 bridgehead atoms. The Morgan fingerprint density at radius 3 is 2.64 bits per heavy atom. The number of carbonyl (C=O) groups excluding carboxylic acids is 2. The summed E-state index contributed by atoms with van der Waals surface area (Å²) < 4.78 is 45.3. The van der Waals surface area contributed by atoms with E-state index in [2.05, 4.69) is 15.2 Å². The topological polar surface area (TPSA) is 155 Å². The quantitative estimate of drug-likeness (QED) is 0.164. The van der Waals surface area contributed by atoms with Crippen LogP contribution >= 0.6 is 11.8 Å². The van der Waals surface area contributed by atoms with Gasteiger partial charge in [-0.05, 0) is 75.5 Å². The van der Waals surface area contributed by atoms with Crippen molar-refractivity contribution in [1.82, 2.24) is 20.1 Å². The number of aromatic amines is 1. The predicted molar refractivity (Wildman–Crippen MR) is 203 cm³/mol. The number of hydrogen-bond acceptors (Lipinski definition) is 13. The average Bonchev–Trinajstić information content (AvgIpc) is 3.79. The zero-order chi connectivity index (χ0) is 39.1. The van der Waals surface area contributed by atoms with Crippen LogP contribution in [0.4, 0.5) is 4.39 Å². The molecule has 11 rings (SSSR count). The number of fused-ring (bicyclic) bond motifs is 11. The number of benzene rings is 3. The first kappa shape index (κ1) is 35.8. The number of halogens is 1. The summed E-state index contributed by atoms with van der Waals surface area (Å²) in [6.07, 6.45) is -0.0472. The first-order valence-corrected chi connectivity index (χ1v) is 20.0. The van der Waals surface area contributed by atoms with E-state index in [1.807, 2.05) is 38.8 Å². The second-order valence-electron chi connectivity index (χ2n) is 16.0. The molecule has 4 N–H and O–H groups in total. The number of H-pyrrole nitrogens is 1. The fourth-order valence-corrected chi connectivity index (χ4v) is 12.4. The number of phenols is 1. The van der Waals surface area contributed by atoms with Gasteiger partial charge in [-0.1, -0.05) is 6.07 Å². The molecule has 0 saturated carbocycles.